The molecule has 2 atom stereocenters. The van der Waals surface area contributed by atoms with Crippen molar-refractivity contribution < 1.29 is 0 Å². The predicted octanol–water partition coefficient (Wildman–Crippen LogP) is 3.84. The van der Waals surface area contributed by atoms with Gasteiger partial charge in [-0.2, -0.15) is 0 Å². The first kappa shape index (κ1) is 12.6. The monoisotopic (exact) mass is 223 g/mol. The topological polar surface area (TPSA) is 26.0 Å². The molecule has 2 unspecified atom stereocenters. The van der Waals surface area contributed by atoms with E-state index in [0.717, 1.165) is 5.92 Å². The summed E-state index contributed by atoms with van der Waals surface area (Å²) in [5.41, 5.74) is 7.08. The van der Waals surface area contributed by atoms with Crippen molar-refractivity contribution in [3.05, 3.63) is 29.8 Å². The van der Waals surface area contributed by atoms with E-state index in [1.54, 1.807) is 0 Å². The Balaban J connectivity index is 2.58. The molecule has 0 fully saturated rings. The van der Waals surface area contributed by atoms with Crippen LogP contribution >= 0.6 is 11.8 Å². The van der Waals surface area contributed by atoms with Gasteiger partial charge in [0.15, 0.2) is 0 Å². The normalized spacial score (nSPS) is 14.9. The molecular weight excluding hydrogens is 202 g/mol. The van der Waals surface area contributed by atoms with Crippen molar-refractivity contribution in [2.75, 3.05) is 5.75 Å². The molecule has 0 saturated carbocycles. The molecular formula is C13H21NS. The van der Waals surface area contributed by atoms with E-state index in [9.17, 15) is 0 Å². The molecule has 0 aliphatic heterocycles. The van der Waals surface area contributed by atoms with Crippen molar-refractivity contribution >= 4 is 11.8 Å². The van der Waals surface area contributed by atoms with Crippen molar-refractivity contribution in [2.45, 2.75) is 38.1 Å². The molecule has 0 aliphatic carbocycles. The summed E-state index contributed by atoms with van der Waals surface area (Å²) in [7, 11) is 0. The Labute approximate surface area is 97.4 Å². The van der Waals surface area contributed by atoms with Gasteiger partial charge < -0.3 is 5.73 Å². The van der Waals surface area contributed by atoms with Crippen molar-refractivity contribution in [3.63, 3.8) is 0 Å². The first-order valence-electron chi connectivity index (χ1n) is 5.61. The first-order chi connectivity index (χ1) is 7.13. The molecule has 0 bridgehead atoms. The van der Waals surface area contributed by atoms with Crippen molar-refractivity contribution in [2.24, 2.45) is 11.7 Å². The molecule has 1 aromatic carbocycles. The van der Waals surface area contributed by atoms with Crippen LogP contribution in [0.5, 0.6) is 0 Å². The lowest BCUT2D eigenvalue weighted by atomic mass is 10.1. The number of hydrogen-bond donors (Lipinski definition) is 1. The molecule has 84 valence electrons. The van der Waals surface area contributed by atoms with Gasteiger partial charge >= 0.3 is 0 Å². The number of nitrogens with two attached hydrogens (primary N) is 1. The lowest BCUT2D eigenvalue weighted by Gasteiger charge is -2.10. The van der Waals surface area contributed by atoms with Crippen molar-refractivity contribution in [1.29, 1.82) is 0 Å². The minimum Gasteiger partial charge on any atom is -0.324 e. The van der Waals surface area contributed by atoms with E-state index in [0.29, 0.717) is 0 Å². The summed E-state index contributed by atoms with van der Waals surface area (Å²) < 4.78 is 0. The van der Waals surface area contributed by atoms with E-state index < -0.39 is 0 Å². The number of benzene rings is 1. The summed E-state index contributed by atoms with van der Waals surface area (Å²) in [6.45, 7) is 6.56. The zero-order valence-corrected chi connectivity index (χ0v) is 10.7. The summed E-state index contributed by atoms with van der Waals surface area (Å²) >= 11 is 1.93. The van der Waals surface area contributed by atoms with E-state index in [1.807, 2.05) is 18.7 Å². The molecule has 0 aromatic heterocycles. The van der Waals surface area contributed by atoms with Gasteiger partial charge in [0.25, 0.3) is 0 Å². The molecule has 15 heavy (non-hydrogen) atoms. The quantitative estimate of drug-likeness (QED) is 0.767. The van der Waals surface area contributed by atoms with Crippen molar-refractivity contribution in [3.8, 4) is 0 Å². The molecule has 1 nitrogen and oxygen atoms in total. The Morgan fingerprint density at radius 3 is 2.67 bits per heavy atom. The SMILES string of the molecule is CCC(C)CSc1cccc(C(C)N)c1. The molecule has 0 heterocycles. The summed E-state index contributed by atoms with van der Waals surface area (Å²) in [5.74, 6) is 1.98. The smallest absolute Gasteiger partial charge is 0.0266 e. The maximum Gasteiger partial charge on any atom is 0.0266 e. The molecule has 0 amide bonds. The van der Waals surface area contributed by atoms with Gasteiger partial charge in [0, 0.05) is 16.7 Å². The van der Waals surface area contributed by atoms with E-state index in [1.165, 1.54) is 22.6 Å². The van der Waals surface area contributed by atoms with Gasteiger partial charge in [0.05, 0.1) is 0 Å². The zero-order valence-electron chi connectivity index (χ0n) is 9.86. The highest BCUT2D eigenvalue weighted by Crippen LogP contribution is 2.24. The minimum absolute atomic E-state index is 0.133. The third kappa shape index (κ3) is 4.27. The summed E-state index contributed by atoms with van der Waals surface area (Å²) in [4.78, 5) is 1.34. The van der Waals surface area contributed by atoms with Gasteiger partial charge in [-0.15, -0.1) is 11.8 Å². The summed E-state index contributed by atoms with van der Waals surface area (Å²) in [6, 6.07) is 8.70. The van der Waals surface area contributed by atoms with Crippen LogP contribution in [0.1, 0.15) is 38.8 Å². The van der Waals surface area contributed by atoms with Crippen LogP contribution in [-0.4, -0.2) is 5.75 Å². The molecule has 2 heteroatoms. The third-order valence-corrected chi connectivity index (χ3v) is 3.94. The molecule has 0 saturated heterocycles. The predicted molar refractivity (Wildman–Crippen MR) is 69.2 cm³/mol. The molecule has 0 aliphatic rings. The standard InChI is InChI=1S/C13H21NS/c1-4-10(2)9-15-13-7-5-6-12(8-13)11(3)14/h5-8,10-11H,4,9,14H2,1-3H3. The van der Waals surface area contributed by atoms with E-state index >= 15 is 0 Å². The lowest BCUT2D eigenvalue weighted by Crippen LogP contribution is -2.04. The van der Waals surface area contributed by atoms with Crippen LogP contribution in [0, 0.1) is 5.92 Å². The van der Waals surface area contributed by atoms with Crippen molar-refractivity contribution in [1.82, 2.24) is 0 Å². The molecule has 0 spiro atoms. The van der Waals surface area contributed by atoms with Gasteiger partial charge in [-0.3, -0.25) is 0 Å². The maximum absolute atomic E-state index is 5.86. The lowest BCUT2D eigenvalue weighted by molar-refractivity contribution is 0.637. The fourth-order valence-electron chi connectivity index (χ4n) is 1.24. The number of hydrogen-bond acceptors (Lipinski definition) is 2. The van der Waals surface area contributed by atoms with Gasteiger partial charge in [-0.1, -0.05) is 32.4 Å². The second-order valence-corrected chi connectivity index (χ2v) is 5.28. The Bertz CT molecular complexity index is 296. The van der Waals surface area contributed by atoms with Crippen LogP contribution in [0.4, 0.5) is 0 Å². The average molecular weight is 223 g/mol. The molecule has 0 radical (unpaired) electrons. The second-order valence-electron chi connectivity index (χ2n) is 4.19. The van der Waals surface area contributed by atoms with E-state index in [2.05, 4.69) is 38.1 Å². The van der Waals surface area contributed by atoms with Gasteiger partial charge in [0.1, 0.15) is 0 Å². The Morgan fingerprint density at radius 2 is 2.07 bits per heavy atom. The van der Waals surface area contributed by atoms with E-state index in [-0.39, 0.29) is 6.04 Å². The highest BCUT2D eigenvalue weighted by Gasteiger charge is 2.03. The molecule has 2 N–H and O–H groups in total. The van der Waals surface area contributed by atoms with Crippen LogP contribution in [0.3, 0.4) is 0 Å². The van der Waals surface area contributed by atoms with E-state index in [4.69, 9.17) is 5.73 Å². The van der Waals surface area contributed by atoms with Crippen LogP contribution in [-0.2, 0) is 0 Å². The zero-order chi connectivity index (χ0) is 11.3. The number of rotatable bonds is 5. The maximum atomic E-state index is 5.86. The van der Waals surface area contributed by atoms with Crippen LogP contribution in [0.25, 0.3) is 0 Å². The highest BCUT2D eigenvalue weighted by atomic mass is 32.2. The van der Waals surface area contributed by atoms with Gasteiger partial charge in [-0.05, 0) is 30.5 Å². The van der Waals surface area contributed by atoms with Crippen LogP contribution in [0.2, 0.25) is 0 Å². The van der Waals surface area contributed by atoms with Crippen LogP contribution in [0.15, 0.2) is 29.2 Å². The van der Waals surface area contributed by atoms with Gasteiger partial charge in [-0.25, -0.2) is 0 Å². The third-order valence-electron chi connectivity index (χ3n) is 2.62. The fraction of sp³-hybridized carbons (Fsp3) is 0.538. The Morgan fingerprint density at radius 1 is 1.33 bits per heavy atom. The minimum atomic E-state index is 0.133. The first-order valence-corrected chi connectivity index (χ1v) is 6.60. The molecule has 1 rings (SSSR count). The molecule has 1 aromatic rings. The summed E-state index contributed by atoms with van der Waals surface area (Å²) in [6.07, 6.45) is 1.25. The average Bonchev–Trinajstić information content (AvgIpc) is 2.26. The second kappa shape index (κ2) is 6.19. The Kier molecular flexibility index (Phi) is 5.20. The largest absolute Gasteiger partial charge is 0.324 e. The van der Waals surface area contributed by atoms with Gasteiger partial charge in [0.2, 0.25) is 0 Å². The Hall–Kier alpha value is -0.470. The highest BCUT2D eigenvalue weighted by molar-refractivity contribution is 7.99. The number of thioether (sulfide) groups is 1. The summed E-state index contributed by atoms with van der Waals surface area (Å²) in [5, 5.41) is 0. The fourth-order valence-corrected chi connectivity index (χ4v) is 2.35. The van der Waals surface area contributed by atoms with Crippen LogP contribution < -0.4 is 5.73 Å².